The third kappa shape index (κ3) is 4.57. The summed E-state index contributed by atoms with van der Waals surface area (Å²) in [5, 5.41) is 6.78. The van der Waals surface area contributed by atoms with Gasteiger partial charge in [0.05, 0.1) is 11.2 Å². The van der Waals surface area contributed by atoms with Crippen molar-refractivity contribution in [2.24, 2.45) is 0 Å². The molecule has 2 amide bonds. The summed E-state index contributed by atoms with van der Waals surface area (Å²) < 4.78 is 2.16. The largest absolute Gasteiger partial charge is 0.343 e. The Morgan fingerprint density at radius 2 is 1.64 bits per heavy atom. The van der Waals surface area contributed by atoms with E-state index in [0.717, 1.165) is 28.8 Å². The molecule has 0 radical (unpaired) electrons. The highest BCUT2D eigenvalue weighted by Crippen LogP contribution is 2.25. The van der Waals surface area contributed by atoms with E-state index in [-0.39, 0.29) is 6.03 Å². The molecule has 0 saturated carbocycles. The number of fused-ring (bicyclic) bond motifs is 1. The van der Waals surface area contributed by atoms with E-state index in [4.69, 9.17) is 0 Å². The van der Waals surface area contributed by atoms with Crippen molar-refractivity contribution < 1.29 is 4.79 Å². The molecule has 0 spiro atoms. The van der Waals surface area contributed by atoms with Gasteiger partial charge in [0.2, 0.25) is 0 Å². The number of carbonyl (C=O) groups excluding carboxylic acids is 1. The molecule has 0 atom stereocenters. The SMILES string of the molecule is CC.O=C(Nc1ccccc1)Nc1cccc2c1ccn2Cc1ccncc1. The van der Waals surface area contributed by atoms with E-state index < -0.39 is 0 Å². The van der Waals surface area contributed by atoms with Crippen LogP contribution in [0.4, 0.5) is 16.2 Å². The number of urea groups is 1. The van der Waals surface area contributed by atoms with E-state index in [2.05, 4.69) is 26.3 Å². The molecule has 28 heavy (non-hydrogen) atoms. The van der Waals surface area contributed by atoms with Crippen molar-refractivity contribution >= 4 is 28.3 Å². The fourth-order valence-electron chi connectivity index (χ4n) is 2.96. The van der Waals surface area contributed by atoms with Crippen molar-refractivity contribution in [3.63, 3.8) is 0 Å². The molecule has 0 aliphatic rings. The lowest BCUT2D eigenvalue weighted by molar-refractivity contribution is 0.262. The van der Waals surface area contributed by atoms with E-state index in [1.165, 1.54) is 5.56 Å². The summed E-state index contributed by atoms with van der Waals surface area (Å²) in [7, 11) is 0. The Kier molecular flexibility index (Phi) is 6.41. The molecule has 2 aromatic heterocycles. The highest BCUT2D eigenvalue weighted by atomic mass is 16.2. The van der Waals surface area contributed by atoms with Crippen molar-refractivity contribution in [3.8, 4) is 0 Å². The van der Waals surface area contributed by atoms with Gasteiger partial charge in [0.1, 0.15) is 0 Å². The molecule has 2 aromatic carbocycles. The zero-order valence-electron chi connectivity index (χ0n) is 16.1. The number of anilines is 2. The predicted molar refractivity (Wildman–Crippen MR) is 116 cm³/mol. The van der Waals surface area contributed by atoms with Crippen LogP contribution in [0, 0.1) is 0 Å². The van der Waals surface area contributed by atoms with Crippen LogP contribution >= 0.6 is 0 Å². The highest BCUT2D eigenvalue weighted by molar-refractivity contribution is 6.05. The van der Waals surface area contributed by atoms with Crippen molar-refractivity contribution in [2.75, 3.05) is 10.6 Å². The Morgan fingerprint density at radius 1 is 0.893 bits per heavy atom. The van der Waals surface area contributed by atoms with Gasteiger partial charge in [-0.2, -0.15) is 0 Å². The third-order valence-corrected chi connectivity index (χ3v) is 4.20. The standard InChI is InChI=1S/C21H18N4O.C2H6/c26-21(23-17-5-2-1-3-6-17)24-19-7-4-8-20-18(19)11-14-25(20)15-16-9-12-22-13-10-16;1-2/h1-14H,15H2,(H2,23,24,26);1-2H3. The number of nitrogens with zero attached hydrogens (tertiary/aromatic N) is 2. The van der Waals surface area contributed by atoms with E-state index in [1.807, 2.05) is 80.7 Å². The van der Waals surface area contributed by atoms with Gasteiger partial charge in [0, 0.05) is 36.2 Å². The molecule has 0 unspecified atom stereocenters. The molecule has 0 fully saturated rings. The molecule has 142 valence electrons. The maximum atomic E-state index is 12.3. The molecule has 2 heterocycles. The van der Waals surface area contributed by atoms with Crippen LogP contribution in [0.25, 0.3) is 10.9 Å². The van der Waals surface area contributed by atoms with Crippen LogP contribution in [0.2, 0.25) is 0 Å². The average molecular weight is 372 g/mol. The minimum Gasteiger partial charge on any atom is -0.343 e. The Balaban J connectivity index is 0.00000109. The van der Waals surface area contributed by atoms with Gasteiger partial charge in [-0.3, -0.25) is 4.98 Å². The van der Waals surface area contributed by atoms with Gasteiger partial charge in [0.25, 0.3) is 0 Å². The summed E-state index contributed by atoms with van der Waals surface area (Å²) in [6, 6.07) is 21.1. The molecule has 5 heteroatoms. The monoisotopic (exact) mass is 372 g/mol. The lowest BCUT2D eigenvalue weighted by Gasteiger charge is -2.10. The van der Waals surface area contributed by atoms with Crippen LogP contribution in [-0.4, -0.2) is 15.6 Å². The Hall–Kier alpha value is -3.60. The number of carbonyl (C=O) groups is 1. The second-order valence-corrected chi connectivity index (χ2v) is 5.98. The molecule has 2 N–H and O–H groups in total. The normalized spacial score (nSPS) is 10.1. The quantitative estimate of drug-likeness (QED) is 0.479. The highest BCUT2D eigenvalue weighted by Gasteiger charge is 2.09. The zero-order chi connectivity index (χ0) is 19.8. The molecule has 0 aliphatic carbocycles. The van der Waals surface area contributed by atoms with Crippen molar-refractivity contribution in [1.29, 1.82) is 0 Å². The van der Waals surface area contributed by atoms with Crippen LogP contribution < -0.4 is 10.6 Å². The summed E-state index contributed by atoms with van der Waals surface area (Å²) in [5.41, 5.74) is 3.79. The van der Waals surface area contributed by atoms with Crippen LogP contribution in [0.5, 0.6) is 0 Å². The first kappa shape index (κ1) is 19.2. The summed E-state index contributed by atoms with van der Waals surface area (Å²) in [5.74, 6) is 0. The van der Waals surface area contributed by atoms with Gasteiger partial charge in [-0.25, -0.2) is 4.79 Å². The number of hydrogen-bond acceptors (Lipinski definition) is 2. The van der Waals surface area contributed by atoms with Gasteiger partial charge >= 0.3 is 6.03 Å². The molecule has 4 rings (SSSR count). The maximum absolute atomic E-state index is 12.3. The molecule has 0 bridgehead atoms. The Labute approximate surface area is 165 Å². The fraction of sp³-hybridized carbons (Fsp3) is 0.130. The summed E-state index contributed by atoms with van der Waals surface area (Å²) in [6.45, 7) is 4.76. The molecule has 0 aliphatic heterocycles. The van der Waals surface area contributed by atoms with Gasteiger partial charge < -0.3 is 15.2 Å². The number of nitrogens with one attached hydrogen (secondary N) is 2. The van der Waals surface area contributed by atoms with E-state index in [9.17, 15) is 4.79 Å². The van der Waals surface area contributed by atoms with Gasteiger partial charge in [-0.1, -0.05) is 38.1 Å². The van der Waals surface area contributed by atoms with Gasteiger partial charge in [-0.15, -0.1) is 0 Å². The third-order valence-electron chi connectivity index (χ3n) is 4.20. The minimum atomic E-state index is -0.259. The van der Waals surface area contributed by atoms with Crippen LogP contribution in [0.3, 0.4) is 0 Å². The number of amides is 2. The number of benzene rings is 2. The van der Waals surface area contributed by atoms with Crippen LogP contribution in [-0.2, 0) is 6.54 Å². The predicted octanol–water partition coefficient (Wildman–Crippen LogP) is 5.75. The lowest BCUT2D eigenvalue weighted by atomic mass is 10.2. The fourth-order valence-corrected chi connectivity index (χ4v) is 2.96. The van der Waals surface area contributed by atoms with Gasteiger partial charge in [0.15, 0.2) is 0 Å². The number of pyridine rings is 1. The number of rotatable bonds is 4. The van der Waals surface area contributed by atoms with Crippen LogP contribution in [0.15, 0.2) is 85.3 Å². The molecule has 5 nitrogen and oxygen atoms in total. The topological polar surface area (TPSA) is 59.0 Å². The average Bonchev–Trinajstić information content (AvgIpc) is 3.15. The van der Waals surface area contributed by atoms with Crippen molar-refractivity contribution in [2.45, 2.75) is 20.4 Å². The summed E-state index contributed by atoms with van der Waals surface area (Å²) in [4.78, 5) is 16.3. The Bertz CT molecular complexity index is 1030. The number of para-hydroxylation sites is 1. The minimum absolute atomic E-state index is 0.259. The summed E-state index contributed by atoms with van der Waals surface area (Å²) >= 11 is 0. The number of aromatic nitrogens is 2. The maximum Gasteiger partial charge on any atom is 0.323 e. The number of hydrogen-bond donors (Lipinski definition) is 2. The van der Waals surface area contributed by atoms with E-state index >= 15 is 0 Å². The van der Waals surface area contributed by atoms with Crippen molar-refractivity contribution in [1.82, 2.24) is 9.55 Å². The van der Waals surface area contributed by atoms with Gasteiger partial charge in [-0.05, 0) is 48.0 Å². The lowest BCUT2D eigenvalue weighted by Crippen LogP contribution is -2.19. The summed E-state index contributed by atoms with van der Waals surface area (Å²) in [6.07, 6.45) is 5.62. The van der Waals surface area contributed by atoms with E-state index in [0.29, 0.717) is 0 Å². The first-order chi connectivity index (χ1) is 13.8. The first-order valence-electron chi connectivity index (χ1n) is 9.39. The molecular weight excluding hydrogens is 348 g/mol. The second kappa shape index (κ2) is 9.37. The Morgan fingerprint density at radius 3 is 2.39 bits per heavy atom. The molecular formula is C23H24N4O. The second-order valence-electron chi connectivity index (χ2n) is 5.98. The molecule has 0 saturated heterocycles. The van der Waals surface area contributed by atoms with E-state index in [1.54, 1.807) is 12.4 Å². The van der Waals surface area contributed by atoms with Crippen molar-refractivity contribution in [3.05, 3.63) is 90.9 Å². The van der Waals surface area contributed by atoms with Crippen LogP contribution in [0.1, 0.15) is 19.4 Å². The zero-order valence-corrected chi connectivity index (χ0v) is 16.1. The smallest absolute Gasteiger partial charge is 0.323 e. The first-order valence-corrected chi connectivity index (χ1v) is 9.39. The molecule has 4 aromatic rings.